The molecule has 2 atom stereocenters. The van der Waals surface area contributed by atoms with E-state index in [0.717, 1.165) is 24.1 Å². The summed E-state index contributed by atoms with van der Waals surface area (Å²) in [5, 5.41) is 14.2. The third-order valence-corrected chi connectivity index (χ3v) is 3.63. The number of nitrogens with zero attached hydrogens (tertiary/aromatic N) is 1. The number of nitro groups is 1. The van der Waals surface area contributed by atoms with Crippen LogP contribution in [0.4, 0.5) is 11.4 Å². The first kappa shape index (κ1) is 14.1. The van der Waals surface area contributed by atoms with E-state index in [4.69, 9.17) is 16.3 Å². The van der Waals surface area contributed by atoms with Gasteiger partial charge in [-0.25, -0.2) is 0 Å². The first-order valence-corrected chi connectivity index (χ1v) is 6.69. The van der Waals surface area contributed by atoms with E-state index >= 15 is 0 Å². The molecule has 0 aromatic heterocycles. The molecule has 2 unspecified atom stereocenters. The fourth-order valence-corrected chi connectivity index (χ4v) is 2.49. The average Bonchev–Trinajstić information content (AvgIpc) is 2.75. The van der Waals surface area contributed by atoms with Crippen LogP contribution in [0.3, 0.4) is 0 Å². The number of nitrogens with one attached hydrogen (secondary N) is 1. The Balaban J connectivity index is 2.04. The predicted octanol–water partition coefficient (Wildman–Crippen LogP) is 3.54. The molecule has 19 heavy (non-hydrogen) atoms. The quantitative estimate of drug-likeness (QED) is 0.678. The van der Waals surface area contributed by atoms with Gasteiger partial charge in [0.2, 0.25) is 0 Å². The molecule has 1 aliphatic heterocycles. The van der Waals surface area contributed by atoms with Gasteiger partial charge in [0.05, 0.1) is 17.1 Å². The van der Waals surface area contributed by atoms with Gasteiger partial charge in [0.1, 0.15) is 5.02 Å². The van der Waals surface area contributed by atoms with E-state index in [1.54, 1.807) is 6.07 Å². The zero-order chi connectivity index (χ0) is 14.0. The third kappa shape index (κ3) is 3.36. The Morgan fingerprint density at radius 3 is 2.84 bits per heavy atom. The summed E-state index contributed by atoms with van der Waals surface area (Å²) in [7, 11) is 0. The Morgan fingerprint density at radius 2 is 2.26 bits per heavy atom. The predicted molar refractivity (Wildman–Crippen MR) is 74.9 cm³/mol. The average molecular weight is 285 g/mol. The summed E-state index contributed by atoms with van der Waals surface area (Å²) in [4.78, 5) is 10.3. The van der Waals surface area contributed by atoms with Gasteiger partial charge in [-0.2, -0.15) is 0 Å². The largest absolute Gasteiger partial charge is 0.382 e. The highest BCUT2D eigenvalue weighted by Gasteiger charge is 2.22. The number of hydrogen-bond acceptors (Lipinski definition) is 4. The Labute approximate surface area is 117 Å². The lowest BCUT2D eigenvalue weighted by Crippen LogP contribution is -2.20. The minimum absolute atomic E-state index is 0.0598. The molecule has 1 heterocycles. The maximum atomic E-state index is 10.8. The van der Waals surface area contributed by atoms with Crippen LogP contribution in [-0.4, -0.2) is 23.7 Å². The Kier molecular flexibility index (Phi) is 4.27. The zero-order valence-corrected chi connectivity index (χ0v) is 11.7. The Bertz CT molecular complexity index is 493. The number of halogens is 1. The van der Waals surface area contributed by atoms with Crippen LogP contribution in [-0.2, 0) is 4.74 Å². The SMILES string of the molecule is Cc1cc([N+](=O)[O-])c(Cl)cc1NCC1CCC(C)O1. The van der Waals surface area contributed by atoms with Crippen molar-refractivity contribution in [2.45, 2.75) is 38.9 Å². The smallest absolute Gasteiger partial charge is 0.288 e. The van der Waals surface area contributed by atoms with Gasteiger partial charge in [0, 0.05) is 18.3 Å². The first-order chi connectivity index (χ1) is 8.97. The van der Waals surface area contributed by atoms with Crippen LogP contribution in [0.5, 0.6) is 0 Å². The van der Waals surface area contributed by atoms with Crippen molar-refractivity contribution in [3.63, 3.8) is 0 Å². The highest BCUT2D eigenvalue weighted by molar-refractivity contribution is 6.33. The Hall–Kier alpha value is -1.33. The number of anilines is 1. The molecular formula is C13H17ClN2O3. The lowest BCUT2D eigenvalue weighted by Gasteiger charge is -2.15. The lowest BCUT2D eigenvalue weighted by atomic mass is 10.1. The summed E-state index contributed by atoms with van der Waals surface area (Å²) in [5.41, 5.74) is 1.57. The normalized spacial score (nSPS) is 22.5. The van der Waals surface area contributed by atoms with E-state index < -0.39 is 4.92 Å². The van der Waals surface area contributed by atoms with Crippen LogP contribution in [0.2, 0.25) is 5.02 Å². The van der Waals surface area contributed by atoms with Gasteiger partial charge in [-0.3, -0.25) is 10.1 Å². The third-order valence-electron chi connectivity index (χ3n) is 3.33. The lowest BCUT2D eigenvalue weighted by molar-refractivity contribution is -0.384. The van der Waals surface area contributed by atoms with Crippen molar-refractivity contribution in [1.82, 2.24) is 0 Å². The second-order valence-electron chi connectivity index (χ2n) is 4.90. The van der Waals surface area contributed by atoms with Gasteiger partial charge >= 0.3 is 0 Å². The van der Waals surface area contributed by atoms with E-state index in [2.05, 4.69) is 12.2 Å². The van der Waals surface area contributed by atoms with Crippen LogP contribution >= 0.6 is 11.6 Å². The highest BCUT2D eigenvalue weighted by Crippen LogP contribution is 2.31. The van der Waals surface area contributed by atoms with Gasteiger partial charge < -0.3 is 10.1 Å². The number of hydrogen-bond donors (Lipinski definition) is 1. The summed E-state index contributed by atoms with van der Waals surface area (Å²) in [6, 6.07) is 3.09. The van der Waals surface area contributed by atoms with Crippen LogP contribution < -0.4 is 5.32 Å². The minimum Gasteiger partial charge on any atom is -0.382 e. The Morgan fingerprint density at radius 1 is 1.53 bits per heavy atom. The van der Waals surface area contributed by atoms with E-state index in [9.17, 15) is 10.1 Å². The molecular weight excluding hydrogens is 268 g/mol. The highest BCUT2D eigenvalue weighted by atomic mass is 35.5. The van der Waals surface area contributed by atoms with Gasteiger partial charge in [-0.1, -0.05) is 11.6 Å². The fraction of sp³-hybridized carbons (Fsp3) is 0.538. The zero-order valence-electron chi connectivity index (χ0n) is 11.0. The molecule has 0 aliphatic carbocycles. The summed E-state index contributed by atoms with van der Waals surface area (Å²) >= 11 is 5.90. The van der Waals surface area contributed by atoms with Gasteiger partial charge in [0.15, 0.2) is 0 Å². The number of rotatable bonds is 4. The van der Waals surface area contributed by atoms with Gasteiger partial charge in [-0.05, 0) is 38.3 Å². The molecule has 0 spiro atoms. The molecule has 2 rings (SSSR count). The molecule has 1 aliphatic rings. The van der Waals surface area contributed by atoms with E-state index in [1.807, 2.05) is 6.92 Å². The second-order valence-corrected chi connectivity index (χ2v) is 5.31. The summed E-state index contributed by atoms with van der Waals surface area (Å²) in [6.07, 6.45) is 2.62. The van der Waals surface area contributed by atoms with Gasteiger partial charge in [-0.15, -0.1) is 0 Å². The molecule has 0 bridgehead atoms. The van der Waals surface area contributed by atoms with Crippen LogP contribution in [0.15, 0.2) is 12.1 Å². The molecule has 104 valence electrons. The van der Waals surface area contributed by atoms with E-state index in [0.29, 0.717) is 12.6 Å². The van der Waals surface area contributed by atoms with E-state index in [-0.39, 0.29) is 16.8 Å². The van der Waals surface area contributed by atoms with Crippen LogP contribution in [0.1, 0.15) is 25.3 Å². The topological polar surface area (TPSA) is 64.4 Å². The maximum Gasteiger partial charge on any atom is 0.288 e. The molecule has 1 fully saturated rings. The molecule has 0 saturated carbocycles. The van der Waals surface area contributed by atoms with Crippen molar-refractivity contribution in [1.29, 1.82) is 0 Å². The van der Waals surface area contributed by atoms with Crippen LogP contribution in [0, 0.1) is 17.0 Å². The summed E-state index contributed by atoms with van der Waals surface area (Å²) in [5.74, 6) is 0. The molecule has 6 heteroatoms. The maximum absolute atomic E-state index is 10.8. The second kappa shape index (κ2) is 5.75. The molecule has 1 saturated heterocycles. The molecule has 0 amide bonds. The standard InChI is InChI=1S/C13H17ClN2O3/c1-8-5-13(16(17)18)11(14)6-12(8)15-7-10-4-3-9(2)19-10/h5-6,9-10,15H,3-4,7H2,1-2H3. The van der Waals surface area contributed by atoms with Crippen molar-refractivity contribution in [3.8, 4) is 0 Å². The van der Waals surface area contributed by atoms with Crippen molar-refractivity contribution in [2.24, 2.45) is 0 Å². The molecule has 1 aromatic rings. The minimum atomic E-state index is -0.471. The number of nitro benzene ring substituents is 1. The first-order valence-electron chi connectivity index (χ1n) is 6.31. The fourth-order valence-electron chi connectivity index (χ4n) is 2.26. The monoisotopic (exact) mass is 284 g/mol. The van der Waals surface area contributed by atoms with Crippen molar-refractivity contribution in [2.75, 3.05) is 11.9 Å². The van der Waals surface area contributed by atoms with Crippen molar-refractivity contribution >= 4 is 23.0 Å². The number of aryl methyl sites for hydroxylation is 1. The molecule has 1 N–H and O–H groups in total. The number of benzene rings is 1. The summed E-state index contributed by atoms with van der Waals surface area (Å²) in [6.45, 7) is 4.58. The molecule has 5 nitrogen and oxygen atoms in total. The number of ether oxygens (including phenoxy) is 1. The van der Waals surface area contributed by atoms with E-state index in [1.165, 1.54) is 6.07 Å². The molecule has 1 aromatic carbocycles. The van der Waals surface area contributed by atoms with Crippen molar-refractivity contribution < 1.29 is 9.66 Å². The van der Waals surface area contributed by atoms with Crippen molar-refractivity contribution in [3.05, 3.63) is 32.8 Å². The molecule has 0 radical (unpaired) electrons. The van der Waals surface area contributed by atoms with Gasteiger partial charge in [0.25, 0.3) is 5.69 Å². The summed E-state index contributed by atoms with van der Waals surface area (Å²) < 4.78 is 5.71. The van der Waals surface area contributed by atoms with Crippen LogP contribution in [0.25, 0.3) is 0 Å².